The normalized spacial score (nSPS) is 11.5. The molecule has 5 nitrogen and oxygen atoms in total. The van der Waals surface area contributed by atoms with Crippen LogP contribution in [0, 0.1) is 0 Å². The molecule has 0 unspecified atom stereocenters. The number of carbonyl (C=O) groups excluding carboxylic acids is 1. The lowest BCUT2D eigenvalue weighted by Crippen LogP contribution is -2.12. The van der Waals surface area contributed by atoms with Crippen molar-refractivity contribution < 1.29 is 9.53 Å². The first kappa shape index (κ1) is 11.1. The van der Waals surface area contributed by atoms with Gasteiger partial charge >= 0.3 is 6.09 Å². The minimum absolute atomic E-state index is 0.331. The average Bonchev–Trinajstić information content (AvgIpc) is 2.53. The molecule has 0 radical (unpaired) electrons. The van der Waals surface area contributed by atoms with E-state index in [9.17, 15) is 4.79 Å². The molecule has 14 heavy (non-hydrogen) atoms. The van der Waals surface area contributed by atoms with E-state index in [0.717, 1.165) is 5.13 Å². The van der Waals surface area contributed by atoms with Crippen LogP contribution in [0.25, 0.3) is 0 Å². The molecule has 0 N–H and O–H groups in total. The zero-order chi connectivity index (χ0) is 10.6. The van der Waals surface area contributed by atoms with E-state index < -0.39 is 6.09 Å². The fourth-order valence-electron chi connectivity index (χ4n) is 0.646. The third-order valence-corrected chi connectivity index (χ3v) is 3.38. The smallest absolute Gasteiger partial charge is 0.436 e. The Bertz CT molecular complexity index is 369. The third kappa shape index (κ3) is 3.08. The standard InChI is InChI=1S/C7H11N3O2S2/c1-4-12-7(11)9-5-8-6(10(2)3)14-13-5/h4H2,1-3H3/b9-5-. The van der Waals surface area contributed by atoms with Crippen molar-refractivity contribution in [3.63, 3.8) is 0 Å². The number of amides is 1. The van der Waals surface area contributed by atoms with Crippen molar-refractivity contribution in [2.45, 2.75) is 6.92 Å². The Kier molecular flexibility index (Phi) is 4.02. The molecule has 0 aliphatic carbocycles. The summed E-state index contributed by atoms with van der Waals surface area (Å²) in [6.45, 7) is 2.07. The maximum absolute atomic E-state index is 11.0. The average molecular weight is 233 g/mol. The van der Waals surface area contributed by atoms with Gasteiger partial charge in [-0.2, -0.15) is 4.98 Å². The Morgan fingerprint density at radius 3 is 2.79 bits per heavy atom. The minimum Gasteiger partial charge on any atom is -0.448 e. The summed E-state index contributed by atoms with van der Waals surface area (Å²) in [6.07, 6.45) is -0.584. The fourth-order valence-corrected chi connectivity index (χ4v) is 2.59. The van der Waals surface area contributed by atoms with Crippen molar-refractivity contribution in [2.24, 2.45) is 4.99 Å². The van der Waals surface area contributed by atoms with Crippen LogP contribution in [0.4, 0.5) is 9.93 Å². The zero-order valence-electron chi connectivity index (χ0n) is 8.18. The van der Waals surface area contributed by atoms with Gasteiger partial charge in [0.2, 0.25) is 4.80 Å². The SMILES string of the molecule is CCOC(=O)/N=c1/nc(N(C)C)ss1. The van der Waals surface area contributed by atoms with E-state index >= 15 is 0 Å². The summed E-state index contributed by atoms with van der Waals surface area (Å²) in [4.78, 5) is 21.1. The van der Waals surface area contributed by atoms with Crippen LogP contribution in [0.1, 0.15) is 6.92 Å². The lowest BCUT2D eigenvalue weighted by atomic mass is 10.9. The van der Waals surface area contributed by atoms with Crippen molar-refractivity contribution in [3.8, 4) is 0 Å². The summed E-state index contributed by atoms with van der Waals surface area (Å²) in [5.41, 5.74) is 0. The van der Waals surface area contributed by atoms with Gasteiger partial charge < -0.3 is 9.64 Å². The van der Waals surface area contributed by atoms with Gasteiger partial charge in [0.1, 0.15) is 0 Å². The summed E-state index contributed by atoms with van der Waals surface area (Å²) in [5.74, 6) is 0. The summed E-state index contributed by atoms with van der Waals surface area (Å²) in [7, 11) is 6.60. The maximum atomic E-state index is 11.0. The number of ether oxygens (including phenoxy) is 1. The first-order valence-electron chi connectivity index (χ1n) is 3.99. The molecular formula is C7H11N3O2S2. The lowest BCUT2D eigenvalue weighted by molar-refractivity contribution is 0.162. The second-order valence-electron chi connectivity index (χ2n) is 2.55. The first-order chi connectivity index (χ1) is 6.63. The summed E-state index contributed by atoms with van der Waals surface area (Å²) < 4.78 is 4.67. The molecule has 78 valence electrons. The van der Waals surface area contributed by atoms with Crippen molar-refractivity contribution in [2.75, 3.05) is 25.6 Å². The molecule has 0 bridgehead atoms. The number of nitrogens with zero attached hydrogens (tertiary/aromatic N) is 3. The number of hydrogen-bond acceptors (Lipinski definition) is 6. The van der Waals surface area contributed by atoms with Gasteiger partial charge in [-0.15, -0.1) is 4.99 Å². The second kappa shape index (κ2) is 5.06. The second-order valence-corrected chi connectivity index (χ2v) is 4.61. The molecule has 1 heterocycles. The highest BCUT2D eigenvalue weighted by Crippen LogP contribution is 2.15. The van der Waals surface area contributed by atoms with Crippen LogP contribution in [0.5, 0.6) is 0 Å². The molecule has 0 aliphatic heterocycles. The van der Waals surface area contributed by atoms with Gasteiger partial charge in [-0.1, -0.05) is 0 Å². The molecule has 0 spiro atoms. The van der Waals surface area contributed by atoms with Crippen LogP contribution in [-0.2, 0) is 4.74 Å². The minimum atomic E-state index is -0.584. The van der Waals surface area contributed by atoms with Gasteiger partial charge in [0, 0.05) is 14.1 Å². The van der Waals surface area contributed by atoms with E-state index in [2.05, 4.69) is 14.7 Å². The highest BCUT2D eigenvalue weighted by atomic mass is 32.9. The van der Waals surface area contributed by atoms with Crippen LogP contribution < -0.4 is 9.70 Å². The van der Waals surface area contributed by atoms with E-state index in [1.54, 1.807) is 6.92 Å². The number of rotatable bonds is 2. The molecular weight excluding hydrogens is 222 g/mol. The zero-order valence-corrected chi connectivity index (χ0v) is 9.81. The molecule has 0 saturated heterocycles. The van der Waals surface area contributed by atoms with Crippen LogP contribution in [-0.4, -0.2) is 31.8 Å². The monoisotopic (exact) mass is 233 g/mol. The Morgan fingerprint density at radius 2 is 2.29 bits per heavy atom. The van der Waals surface area contributed by atoms with Gasteiger partial charge in [-0.05, 0) is 27.6 Å². The van der Waals surface area contributed by atoms with E-state index in [-0.39, 0.29) is 0 Å². The van der Waals surface area contributed by atoms with Crippen LogP contribution in [0.15, 0.2) is 4.99 Å². The fraction of sp³-hybridized carbons (Fsp3) is 0.571. The number of anilines is 1. The molecule has 0 fully saturated rings. The maximum Gasteiger partial charge on any atom is 0.436 e. The number of carbonyl (C=O) groups is 1. The molecule has 7 heteroatoms. The Hall–Kier alpha value is -0.950. The lowest BCUT2D eigenvalue weighted by Gasteiger charge is -2.03. The van der Waals surface area contributed by atoms with Crippen molar-refractivity contribution >= 4 is 31.9 Å². The molecule has 1 aromatic rings. The summed E-state index contributed by atoms with van der Waals surface area (Å²) in [6, 6.07) is 0. The Morgan fingerprint density at radius 1 is 1.57 bits per heavy atom. The van der Waals surface area contributed by atoms with E-state index in [0.29, 0.717) is 11.4 Å². The molecule has 1 rings (SSSR count). The molecule has 1 amide bonds. The van der Waals surface area contributed by atoms with Crippen LogP contribution >= 0.6 is 20.7 Å². The molecule has 0 saturated carbocycles. The number of aromatic nitrogens is 1. The highest BCUT2D eigenvalue weighted by molar-refractivity contribution is 7.69. The summed E-state index contributed by atoms with van der Waals surface area (Å²) in [5, 5.41) is 0.832. The first-order valence-corrected chi connectivity index (χ1v) is 6.14. The predicted octanol–water partition coefficient (Wildman–Crippen LogP) is 1.33. The topological polar surface area (TPSA) is 54.8 Å². The highest BCUT2D eigenvalue weighted by Gasteiger charge is 2.02. The Balaban J connectivity index is 2.80. The third-order valence-electron chi connectivity index (χ3n) is 1.22. The van der Waals surface area contributed by atoms with Gasteiger partial charge in [0.05, 0.1) is 6.61 Å². The molecule has 1 aromatic heterocycles. The van der Waals surface area contributed by atoms with Gasteiger partial charge in [0.25, 0.3) is 0 Å². The van der Waals surface area contributed by atoms with Crippen LogP contribution in [0.3, 0.4) is 0 Å². The van der Waals surface area contributed by atoms with Crippen molar-refractivity contribution in [3.05, 3.63) is 4.80 Å². The largest absolute Gasteiger partial charge is 0.448 e. The molecule has 0 aliphatic rings. The van der Waals surface area contributed by atoms with E-state index in [4.69, 9.17) is 0 Å². The van der Waals surface area contributed by atoms with E-state index in [1.807, 2.05) is 19.0 Å². The molecule has 0 aromatic carbocycles. The number of hydrogen-bond donors (Lipinski definition) is 0. The molecule has 0 atom stereocenters. The van der Waals surface area contributed by atoms with Gasteiger partial charge in [-0.3, -0.25) is 0 Å². The van der Waals surface area contributed by atoms with Crippen molar-refractivity contribution in [1.29, 1.82) is 0 Å². The van der Waals surface area contributed by atoms with Crippen LogP contribution in [0.2, 0.25) is 0 Å². The van der Waals surface area contributed by atoms with Crippen molar-refractivity contribution in [1.82, 2.24) is 4.98 Å². The Labute approximate surface area is 89.1 Å². The predicted molar refractivity (Wildman–Crippen MR) is 56.9 cm³/mol. The van der Waals surface area contributed by atoms with Gasteiger partial charge in [0.15, 0.2) is 5.13 Å². The van der Waals surface area contributed by atoms with Gasteiger partial charge in [-0.25, -0.2) is 4.79 Å². The summed E-state index contributed by atoms with van der Waals surface area (Å²) >= 11 is 0. The van der Waals surface area contributed by atoms with E-state index in [1.165, 1.54) is 20.7 Å². The quantitative estimate of drug-likeness (QED) is 0.723.